The van der Waals surface area contributed by atoms with E-state index in [1.54, 1.807) is 52.2 Å². The lowest BCUT2D eigenvalue weighted by Gasteiger charge is -2.59. The first-order valence-corrected chi connectivity index (χ1v) is 29.1. The maximum Gasteiger partial charge on any atom is 0.409 e. The Balaban J connectivity index is 1.19. The van der Waals surface area contributed by atoms with Gasteiger partial charge < -0.3 is 73.1 Å². The molecule has 4 heterocycles. The number of aliphatic hydroxyl groups is 1. The molecule has 5 rings (SSSR count). The molecular formula is C59H93ClN6O17. The third-order valence-corrected chi connectivity index (χ3v) is 16.1. The minimum atomic E-state index is -1.90. The molecule has 6 bridgehead atoms. The minimum absolute atomic E-state index is 0.0373. The molecule has 9 atom stereocenters. The minimum Gasteiger partial charge on any atom is -0.495 e. The average Bonchev–Trinajstić information content (AvgIpc) is 3.60. The predicted molar refractivity (Wildman–Crippen MR) is 310 cm³/mol. The molecule has 4 aliphatic heterocycles. The van der Waals surface area contributed by atoms with Crippen molar-refractivity contribution in [2.45, 2.75) is 154 Å². The van der Waals surface area contributed by atoms with Gasteiger partial charge in [-0.25, -0.2) is 9.59 Å². The lowest BCUT2D eigenvalue weighted by Crippen LogP contribution is -2.72. The van der Waals surface area contributed by atoms with E-state index in [9.17, 15) is 38.7 Å². The second-order valence-electron chi connectivity index (χ2n) is 22.3. The zero-order valence-corrected chi connectivity index (χ0v) is 51.7. The smallest absolute Gasteiger partial charge is 0.409 e. The van der Waals surface area contributed by atoms with Gasteiger partial charge in [0.15, 0.2) is 5.72 Å². The zero-order valence-electron chi connectivity index (χ0n) is 50.9. The van der Waals surface area contributed by atoms with Crippen LogP contribution in [0.15, 0.2) is 35.9 Å². The first-order chi connectivity index (χ1) is 39.3. The summed E-state index contributed by atoms with van der Waals surface area (Å²) >= 11 is 6.82. The van der Waals surface area contributed by atoms with E-state index in [2.05, 4.69) is 36.7 Å². The molecule has 1 aromatic carbocycles. The van der Waals surface area contributed by atoms with Crippen LogP contribution in [0.5, 0.6) is 5.75 Å². The van der Waals surface area contributed by atoms with Crippen LogP contribution in [0.3, 0.4) is 0 Å². The average molecular weight is 1190 g/mol. The number of methoxy groups -OCH3 is 2. The van der Waals surface area contributed by atoms with Crippen LogP contribution in [0.1, 0.15) is 112 Å². The van der Waals surface area contributed by atoms with Crippen LogP contribution in [0.2, 0.25) is 5.02 Å². The summed E-state index contributed by atoms with van der Waals surface area (Å²) in [5.41, 5.74) is -2.43. The third kappa shape index (κ3) is 21.6. The highest BCUT2D eigenvalue weighted by molar-refractivity contribution is 6.35. The van der Waals surface area contributed by atoms with Crippen molar-refractivity contribution in [3.8, 4) is 5.75 Å². The number of nitrogens with one attached hydrogen (secondary N) is 3. The van der Waals surface area contributed by atoms with E-state index in [-0.39, 0.29) is 93.9 Å². The molecule has 83 heavy (non-hydrogen) atoms. The van der Waals surface area contributed by atoms with Gasteiger partial charge in [0, 0.05) is 86.4 Å². The van der Waals surface area contributed by atoms with E-state index < -0.39 is 65.2 Å². The van der Waals surface area contributed by atoms with Crippen LogP contribution in [0, 0.1) is 11.8 Å². The van der Waals surface area contributed by atoms with Crippen LogP contribution < -0.4 is 25.6 Å². The molecule has 6 amide bonds. The van der Waals surface area contributed by atoms with E-state index >= 15 is 0 Å². The van der Waals surface area contributed by atoms with Gasteiger partial charge in [0.25, 0.3) is 0 Å². The Morgan fingerprint density at radius 2 is 1.48 bits per heavy atom. The van der Waals surface area contributed by atoms with E-state index in [0.717, 1.165) is 17.6 Å². The van der Waals surface area contributed by atoms with Gasteiger partial charge in [0.1, 0.15) is 46.3 Å². The SMILES string of the molecule is CCC(C)C(C)CNC(=O)CCNC(=O)CCOCCOCCOCCOCCN(C)C(=O)CCCC(=O)N(C)[C@@H](C)C(=O)O[C@H]1CC(=O)N(C)c2cc(cc(OC)c2Cl)C/C(C)=C\C=C\[C@@H](OC)[C@@]2(O)C[C@H](OC(=O)N2)C2(C)C[C@@]1(C)O2. The molecule has 24 heteroatoms. The van der Waals surface area contributed by atoms with Gasteiger partial charge in [0.2, 0.25) is 29.5 Å². The predicted octanol–water partition coefficient (Wildman–Crippen LogP) is 5.05. The second-order valence-corrected chi connectivity index (χ2v) is 22.7. The van der Waals surface area contributed by atoms with Gasteiger partial charge in [-0.3, -0.25) is 29.3 Å². The highest BCUT2D eigenvalue weighted by Gasteiger charge is 2.63. The van der Waals surface area contributed by atoms with Gasteiger partial charge in [-0.2, -0.15) is 0 Å². The van der Waals surface area contributed by atoms with E-state index in [4.69, 9.17) is 54.2 Å². The summed E-state index contributed by atoms with van der Waals surface area (Å²) in [7, 11) is 7.54. The Labute approximate surface area is 495 Å². The van der Waals surface area contributed by atoms with Crippen LogP contribution in [0.25, 0.3) is 0 Å². The molecule has 0 aliphatic carbocycles. The van der Waals surface area contributed by atoms with Gasteiger partial charge in [-0.1, -0.05) is 62.6 Å². The van der Waals surface area contributed by atoms with E-state index in [0.29, 0.717) is 82.4 Å². The topological polar surface area (TPSA) is 269 Å². The van der Waals surface area contributed by atoms with E-state index in [1.807, 2.05) is 13.0 Å². The molecule has 4 N–H and O–H groups in total. The number of hydrogen-bond acceptors (Lipinski definition) is 17. The quantitative estimate of drug-likeness (QED) is 0.0560. The Hall–Kier alpha value is -5.40. The fourth-order valence-corrected chi connectivity index (χ4v) is 10.2. The number of alkyl carbamates (subject to hydrolysis) is 1. The number of carbonyl (C=O) groups is 7. The number of allylic oxidation sites excluding steroid dienone is 3. The second kappa shape index (κ2) is 33.9. The molecule has 1 aromatic rings. The van der Waals surface area contributed by atoms with Crippen molar-refractivity contribution in [1.82, 2.24) is 25.8 Å². The third-order valence-electron chi connectivity index (χ3n) is 15.7. The molecule has 0 saturated carbocycles. The molecule has 23 nitrogen and oxygen atoms in total. The fourth-order valence-electron chi connectivity index (χ4n) is 9.89. The standard InChI is InChI=1S/C59H93ClN6O17/c1-13-40(3)41(4)37-62-49(67)20-22-61-50(68)21-24-77-26-28-79-30-31-80-29-27-78-25-23-64(8)51(69)18-15-19-52(70)65(9)42(5)55(72)81-47-35-53(71)66(10)44-33-43(34-45(75-11)54(44)60)32-39(2)16-14-17-46(76-12)59(74)36-48(82-56(73)63-59)58(7)38-57(47,6)83-58/h14,16-17,33-34,40-42,46-48,74H,13,15,18-32,35-38H2,1-12H3,(H,61,68)(H,62,67)(H,63,73)/b17-14+,39-16-/t40?,41?,42-,46+,47-,48-,57+,58?,59-/m0/s1. The number of anilines is 1. The highest BCUT2D eigenvalue weighted by Crippen LogP contribution is 2.50. The van der Waals surface area contributed by atoms with Crippen molar-refractivity contribution < 1.29 is 81.3 Å². The maximum absolute atomic E-state index is 14.4. The molecule has 0 radical (unpaired) electrons. The number of fused-ring (bicyclic) bond motifs is 6. The number of likely N-dealkylation sites (N-methyl/N-ethyl adjacent to an activating group) is 2. The van der Waals surface area contributed by atoms with Crippen LogP contribution in [-0.4, -0.2) is 206 Å². The van der Waals surface area contributed by atoms with Crippen molar-refractivity contribution in [3.63, 3.8) is 0 Å². The molecule has 4 aliphatic rings. The molecular weight excluding hydrogens is 1100 g/mol. The van der Waals surface area contributed by atoms with Crippen molar-refractivity contribution in [2.24, 2.45) is 11.8 Å². The Morgan fingerprint density at radius 3 is 2.11 bits per heavy atom. The summed E-state index contributed by atoms with van der Waals surface area (Å²) in [6.45, 7) is 16.9. The number of carbonyl (C=O) groups excluding carboxylic acids is 7. The van der Waals surface area contributed by atoms with Crippen LogP contribution >= 0.6 is 11.6 Å². The summed E-state index contributed by atoms with van der Waals surface area (Å²) in [5, 5.41) is 20.2. The summed E-state index contributed by atoms with van der Waals surface area (Å²) in [5.74, 6) is -0.896. The molecule has 3 unspecified atom stereocenters. The number of nitrogens with zero attached hydrogens (tertiary/aromatic N) is 3. The molecule has 2 saturated heterocycles. The first-order valence-electron chi connectivity index (χ1n) is 28.8. The summed E-state index contributed by atoms with van der Waals surface area (Å²) in [6.07, 6.45) is 2.80. The Morgan fingerprint density at radius 1 is 0.867 bits per heavy atom. The highest BCUT2D eigenvalue weighted by atomic mass is 35.5. The number of ether oxygens (including phenoxy) is 9. The van der Waals surface area contributed by atoms with Gasteiger partial charge in [-0.15, -0.1) is 0 Å². The number of benzene rings is 1. The van der Waals surface area contributed by atoms with Crippen molar-refractivity contribution in [3.05, 3.63) is 46.5 Å². The van der Waals surface area contributed by atoms with E-state index in [1.165, 1.54) is 42.9 Å². The fraction of sp³-hybridized carbons (Fsp3) is 0.712. The lowest BCUT2D eigenvalue weighted by molar-refractivity contribution is -0.328. The summed E-state index contributed by atoms with van der Waals surface area (Å²) in [6, 6.07) is 2.42. The maximum atomic E-state index is 14.4. The molecule has 0 aromatic heterocycles. The number of halogens is 1. The van der Waals surface area contributed by atoms with Crippen LogP contribution in [-0.2, 0) is 73.1 Å². The van der Waals surface area contributed by atoms with Gasteiger partial charge in [-0.05, 0) is 70.1 Å². The monoisotopic (exact) mass is 1190 g/mol. The van der Waals surface area contributed by atoms with Crippen molar-refractivity contribution in [2.75, 3.05) is 113 Å². The molecule has 468 valence electrons. The Kier molecular flexibility index (Phi) is 28.6. The summed E-state index contributed by atoms with van der Waals surface area (Å²) in [4.78, 5) is 96.1. The lowest BCUT2D eigenvalue weighted by atomic mass is 9.72. The van der Waals surface area contributed by atoms with Gasteiger partial charge in [0.05, 0.1) is 72.1 Å². The number of esters is 1. The van der Waals surface area contributed by atoms with Crippen molar-refractivity contribution >= 4 is 58.9 Å². The number of rotatable bonds is 31. The van der Waals surface area contributed by atoms with Crippen LogP contribution in [0.4, 0.5) is 10.5 Å². The number of amides is 6. The first kappa shape index (κ1) is 70.1. The zero-order chi connectivity index (χ0) is 61.5. The molecule has 0 spiro atoms. The molecule has 2 fully saturated rings. The largest absolute Gasteiger partial charge is 0.495 e. The van der Waals surface area contributed by atoms with Crippen molar-refractivity contribution in [1.29, 1.82) is 0 Å². The normalized spacial score (nSPS) is 24.8. The van der Waals surface area contributed by atoms with Gasteiger partial charge >= 0.3 is 12.1 Å². The summed E-state index contributed by atoms with van der Waals surface area (Å²) < 4.78 is 51.9. The Bertz CT molecular complexity index is 2390. The number of hydrogen-bond donors (Lipinski definition) is 4.